The number of ketones is 2. The molecule has 0 fully saturated rings. The van der Waals surface area contributed by atoms with Crippen molar-refractivity contribution in [3.05, 3.63) is 81.3 Å². The molecule has 3 atom stereocenters. The average Bonchev–Trinajstić information content (AvgIpc) is 2.90. The molecule has 1 amide bonds. The van der Waals surface area contributed by atoms with Crippen molar-refractivity contribution in [3.8, 4) is 11.5 Å². The Kier molecular flexibility index (Phi) is 7.19. The lowest BCUT2D eigenvalue weighted by Gasteiger charge is -2.45. The topological polar surface area (TPSA) is 171 Å². The van der Waals surface area contributed by atoms with Crippen molar-refractivity contribution in [2.75, 3.05) is 20.7 Å². The Morgan fingerprint density at radius 2 is 1.81 bits per heavy atom. The first-order chi connectivity index (χ1) is 19.7. The summed E-state index contributed by atoms with van der Waals surface area (Å²) < 4.78 is 5.80. The van der Waals surface area contributed by atoms with Gasteiger partial charge in [-0.1, -0.05) is 44.2 Å². The highest BCUT2D eigenvalue weighted by atomic mass is 16.5. The first kappa shape index (κ1) is 29.3. The van der Waals surface area contributed by atoms with E-state index in [9.17, 15) is 34.8 Å². The molecule has 0 spiro atoms. The number of allylic oxidation sites excluding steroid dienone is 2. The van der Waals surface area contributed by atoms with Gasteiger partial charge in [0.2, 0.25) is 5.78 Å². The lowest BCUT2D eigenvalue weighted by Crippen LogP contribution is -2.57. The number of hydrogen-bond donors (Lipinski definition) is 5. The van der Waals surface area contributed by atoms with Crippen LogP contribution in [0.4, 0.5) is 0 Å². The molecule has 0 bridgehead atoms. The van der Waals surface area contributed by atoms with Gasteiger partial charge in [0.25, 0.3) is 5.91 Å². The number of Topliss-reactive ketones (excluding diaryl/α,β-unsaturated/α-hetero) is 2. The second kappa shape index (κ2) is 10.3. The van der Waals surface area contributed by atoms with E-state index < -0.39 is 52.0 Å². The van der Waals surface area contributed by atoms with E-state index in [0.29, 0.717) is 30.0 Å². The van der Waals surface area contributed by atoms with Crippen molar-refractivity contribution in [2.24, 2.45) is 17.6 Å². The summed E-state index contributed by atoms with van der Waals surface area (Å²) in [5.74, 6) is -6.14. The van der Waals surface area contributed by atoms with Crippen molar-refractivity contribution in [2.45, 2.75) is 50.7 Å². The van der Waals surface area contributed by atoms with Crippen LogP contribution in [0, 0.1) is 11.8 Å². The Labute approximate surface area is 243 Å². The van der Waals surface area contributed by atoms with Crippen LogP contribution in [0.15, 0.2) is 59.1 Å². The SMILES string of the molecule is COc1c(CN(C)CC(C)(C)c2ccccc2)cc(O)c2c1CC1C[C@H]3CC(O)=C(C(N)=O)C(=O)[C@@]3(O)C(O)=C1C2=O. The molecule has 222 valence electrons. The van der Waals surface area contributed by atoms with Crippen LogP contribution in [-0.2, 0) is 28.0 Å². The Morgan fingerprint density at radius 1 is 1.14 bits per heavy atom. The number of rotatable bonds is 7. The van der Waals surface area contributed by atoms with Gasteiger partial charge in [-0.2, -0.15) is 0 Å². The third kappa shape index (κ3) is 4.46. The van der Waals surface area contributed by atoms with Crippen LogP contribution >= 0.6 is 0 Å². The summed E-state index contributed by atoms with van der Waals surface area (Å²) in [6.07, 6.45) is -0.0414. The summed E-state index contributed by atoms with van der Waals surface area (Å²) in [5, 5.41) is 44.1. The molecular formula is C32H36N2O8. The van der Waals surface area contributed by atoms with Crippen molar-refractivity contribution >= 4 is 17.5 Å². The molecule has 6 N–H and O–H groups in total. The van der Waals surface area contributed by atoms with E-state index in [1.807, 2.05) is 25.2 Å². The first-order valence-electron chi connectivity index (χ1n) is 13.9. The molecule has 0 saturated carbocycles. The van der Waals surface area contributed by atoms with Crippen LogP contribution in [0.25, 0.3) is 0 Å². The monoisotopic (exact) mass is 576 g/mol. The maximum Gasteiger partial charge on any atom is 0.255 e. The molecule has 10 heteroatoms. The Morgan fingerprint density at radius 3 is 2.43 bits per heavy atom. The molecular weight excluding hydrogens is 540 g/mol. The van der Waals surface area contributed by atoms with Crippen molar-refractivity contribution in [1.82, 2.24) is 4.90 Å². The van der Waals surface area contributed by atoms with Crippen molar-refractivity contribution < 1.29 is 39.5 Å². The van der Waals surface area contributed by atoms with E-state index in [2.05, 4.69) is 30.9 Å². The van der Waals surface area contributed by atoms with Crippen molar-refractivity contribution in [3.63, 3.8) is 0 Å². The van der Waals surface area contributed by atoms with Gasteiger partial charge >= 0.3 is 0 Å². The summed E-state index contributed by atoms with van der Waals surface area (Å²) in [7, 11) is 3.46. The Hall–Kier alpha value is -4.15. The number of methoxy groups -OCH3 is 1. The number of ether oxygens (including phenoxy) is 1. The van der Waals surface area contributed by atoms with Gasteiger partial charge in [-0.05, 0) is 37.4 Å². The second-order valence-electron chi connectivity index (χ2n) is 12.3. The van der Waals surface area contributed by atoms with Crippen LogP contribution in [0.2, 0.25) is 0 Å². The van der Waals surface area contributed by atoms with Gasteiger partial charge in [0, 0.05) is 47.5 Å². The number of amides is 1. The fourth-order valence-corrected chi connectivity index (χ4v) is 7.11. The number of nitrogens with zero attached hydrogens (tertiary/aromatic N) is 1. The summed E-state index contributed by atoms with van der Waals surface area (Å²) in [5.41, 5.74) is 3.76. The molecule has 10 nitrogen and oxygen atoms in total. The minimum atomic E-state index is -2.59. The number of aliphatic hydroxyl groups is 3. The second-order valence-corrected chi connectivity index (χ2v) is 12.3. The zero-order valence-corrected chi connectivity index (χ0v) is 24.1. The number of phenolic OH excluding ortho intramolecular Hbond substituents is 1. The maximum atomic E-state index is 13.8. The number of carbonyl (C=O) groups is 3. The largest absolute Gasteiger partial charge is 0.511 e. The normalized spacial score (nSPS) is 24.0. The van der Waals surface area contributed by atoms with Crippen LogP contribution in [0.5, 0.6) is 11.5 Å². The highest BCUT2D eigenvalue weighted by Gasteiger charge is 2.59. The molecule has 42 heavy (non-hydrogen) atoms. The summed E-state index contributed by atoms with van der Waals surface area (Å²) in [4.78, 5) is 40.9. The van der Waals surface area contributed by atoms with Gasteiger partial charge in [0.15, 0.2) is 11.4 Å². The van der Waals surface area contributed by atoms with Crippen LogP contribution in [0.1, 0.15) is 53.7 Å². The highest BCUT2D eigenvalue weighted by Crippen LogP contribution is 2.52. The van der Waals surface area contributed by atoms with Gasteiger partial charge in [-0.25, -0.2) is 0 Å². The van der Waals surface area contributed by atoms with E-state index >= 15 is 0 Å². The number of fused-ring (bicyclic) bond motifs is 3. The number of nitrogens with two attached hydrogens (primary N) is 1. The lowest BCUT2D eigenvalue weighted by molar-refractivity contribution is -0.144. The number of aliphatic hydroxyl groups excluding tert-OH is 2. The van der Waals surface area contributed by atoms with E-state index in [1.165, 1.54) is 18.7 Å². The van der Waals surface area contributed by atoms with Gasteiger partial charge in [0.1, 0.15) is 28.6 Å². The van der Waals surface area contributed by atoms with Crippen LogP contribution in [-0.4, -0.2) is 69.1 Å². The molecule has 2 aromatic rings. The smallest absolute Gasteiger partial charge is 0.255 e. The fraction of sp³-hybridized carbons (Fsp3) is 0.406. The van der Waals surface area contributed by atoms with E-state index in [-0.39, 0.29) is 41.6 Å². The lowest BCUT2D eigenvalue weighted by atomic mass is 9.60. The standard InChI is InChI=1S/C32H36N2O8/c1-31(2,18-8-6-5-7-9-18)15-34(3)14-17-12-21(35)24-20(27(17)42-4)11-16-10-19-13-22(36)25(30(33)40)29(39)32(19,41)28(38)23(16)26(24)37/h5-9,12,16,19,35-36,38,41H,10-11,13-15H2,1-4H3,(H2,33,40)/t16?,19-,32-/m0/s1. The predicted molar refractivity (Wildman–Crippen MR) is 153 cm³/mol. The quantitative estimate of drug-likeness (QED) is 0.311. The number of benzene rings is 2. The third-order valence-corrected chi connectivity index (χ3v) is 8.95. The molecule has 0 radical (unpaired) electrons. The summed E-state index contributed by atoms with van der Waals surface area (Å²) in [6, 6.07) is 11.6. The molecule has 3 aliphatic carbocycles. The van der Waals surface area contributed by atoms with Gasteiger partial charge < -0.3 is 35.8 Å². The summed E-state index contributed by atoms with van der Waals surface area (Å²) >= 11 is 0. The number of likely N-dealkylation sites (N-methyl/N-ethyl adjacent to an activating group) is 1. The molecule has 0 saturated heterocycles. The predicted octanol–water partition coefficient (Wildman–Crippen LogP) is 3.00. The Balaban J connectivity index is 1.51. The first-order valence-corrected chi connectivity index (χ1v) is 13.9. The molecule has 0 aliphatic heterocycles. The maximum absolute atomic E-state index is 13.8. The average molecular weight is 577 g/mol. The zero-order chi connectivity index (χ0) is 30.7. The minimum absolute atomic E-state index is 0.0578. The Bertz CT molecular complexity index is 1560. The minimum Gasteiger partial charge on any atom is -0.511 e. The number of hydrogen-bond acceptors (Lipinski definition) is 9. The van der Waals surface area contributed by atoms with E-state index in [1.54, 1.807) is 0 Å². The molecule has 3 aliphatic rings. The third-order valence-electron chi connectivity index (χ3n) is 8.95. The molecule has 1 unspecified atom stereocenters. The number of phenols is 1. The van der Waals surface area contributed by atoms with E-state index in [0.717, 1.165) is 0 Å². The molecule has 2 aromatic carbocycles. The molecule has 0 aromatic heterocycles. The van der Waals surface area contributed by atoms with Gasteiger partial charge in [-0.15, -0.1) is 0 Å². The van der Waals surface area contributed by atoms with Gasteiger partial charge in [0.05, 0.1) is 12.7 Å². The number of carbonyl (C=O) groups excluding carboxylic acids is 3. The van der Waals surface area contributed by atoms with E-state index in [4.69, 9.17) is 10.5 Å². The van der Waals surface area contributed by atoms with Crippen LogP contribution in [0.3, 0.4) is 0 Å². The molecule has 0 heterocycles. The summed E-state index contributed by atoms with van der Waals surface area (Å²) in [6.45, 7) is 5.41. The zero-order valence-electron chi connectivity index (χ0n) is 24.1. The van der Waals surface area contributed by atoms with Crippen molar-refractivity contribution in [1.29, 1.82) is 0 Å². The number of primary amides is 1. The number of aromatic hydroxyl groups is 1. The fourth-order valence-electron chi connectivity index (χ4n) is 7.11. The van der Waals surface area contributed by atoms with Crippen LogP contribution < -0.4 is 10.5 Å². The molecule has 5 rings (SSSR count). The van der Waals surface area contributed by atoms with Gasteiger partial charge in [-0.3, -0.25) is 14.4 Å². The highest BCUT2D eigenvalue weighted by molar-refractivity contribution is 6.24.